The molecule has 1 unspecified atom stereocenters. The molecule has 2 aromatic carbocycles. The molecule has 2 aromatic heterocycles. The third-order valence-electron chi connectivity index (χ3n) is 6.47. The van der Waals surface area contributed by atoms with Crippen LogP contribution in [0.5, 0.6) is 0 Å². The number of aryl methyl sites for hydroxylation is 1. The molecule has 0 aliphatic carbocycles. The molecule has 5 rings (SSSR count). The lowest BCUT2D eigenvalue weighted by Crippen LogP contribution is -2.39. The highest BCUT2D eigenvalue weighted by molar-refractivity contribution is 7.07. The number of allylic oxidation sites excluding steroid dienone is 1. The van der Waals surface area contributed by atoms with E-state index in [2.05, 4.69) is 15.6 Å². The molecule has 4 aromatic rings. The topological polar surface area (TPSA) is 65.6 Å². The molecule has 0 amide bonds. The van der Waals surface area contributed by atoms with E-state index in [0.717, 1.165) is 28.2 Å². The van der Waals surface area contributed by atoms with Crippen molar-refractivity contribution in [3.63, 3.8) is 0 Å². The Bertz CT molecular complexity index is 1710. The zero-order chi connectivity index (χ0) is 26.3. The maximum Gasteiger partial charge on any atom is 0.338 e. The molecule has 0 fully saturated rings. The number of carbonyl (C=O) groups excluding carboxylic acids is 1. The van der Waals surface area contributed by atoms with Gasteiger partial charge in [0.1, 0.15) is 0 Å². The van der Waals surface area contributed by atoms with Crippen LogP contribution in [-0.4, -0.2) is 21.7 Å². The Hall–Kier alpha value is -3.68. The van der Waals surface area contributed by atoms with Crippen molar-refractivity contribution in [1.29, 1.82) is 0 Å². The molecule has 0 spiro atoms. The van der Waals surface area contributed by atoms with Gasteiger partial charge in [-0.1, -0.05) is 53.3 Å². The van der Waals surface area contributed by atoms with Crippen LogP contribution in [0.4, 0.5) is 0 Å². The number of fused-ring (bicyclic) bond motifs is 1. The van der Waals surface area contributed by atoms with E-state index in [-0.39, 0.29) is 12.2 Å². The number of thiazole rings is 1. The molecule has 8 heteroatoms. The first kappa shape index (κ1) is 25.0. The summed E-state index contributed by atoms with van der Waals surface area (Å²) in [6.45, 7) is 7.86. The van der Waals surface area contributed by atoms with Crippen LogP contribution in [0.15, 0.2) is 81.7 Å². The predicted molar refractivity (Wildman–Crippen MR) is 147 cm³/mol. The van der Waals surface area contributed by atoms with Gasteiger partial charge in [-0.15, -0.1) is 0 Å². The van der Waals surface area contributed by atoms with Crippen LogP contribution in [-0.2, 0) is 9.53 Å². The number of hydrogen-bond acceptors (Lipinski definition) is 5. The third-order valence-corrected chi connectivity index (χ3v) is 7.71. The highest BCUT2D eigenvalue weighted by Crippen LogP contribution is 2.30. The average Bonchev–Trinajstić information content (AvgIpc) is 3.33. The summed E-state index contributed by atoms with van der Waals surface area (Å²) in [6.07, 6.45) is 1.91. The Labute approximate surface area is 223 Å². The van der Waals surface area contributed by atoms with Crippen molar-refractivity contribution in [3.8, 4) is 5.69 Å². The van der Waals surface area contributed by atoms with Crippen molar-refractivity contribution in [1.82, 2.24) is 9.13 Å². The smallest absolute Gasteiger partial charge is 0.338 e. The van der Waals surface area contributed by atoms with Crippen LogP contribution in [0.25, 0.3) is 11.8 Å². The molecule has 37 heavy (non-hydrogen) atoms. The molecule has 0 radical (unpaired) electrons. The predicted octanol–water partition coefficient (Wildman–Crippen LogP) is 4.86. The van der Waals surface area contributed by atoms with Crippen molar-refractivity contribution in [2.24, 2.45) is 4.99 Å². The van der Waals surface area contributed by atoms with Crippen LogP contribution in [0, 0.1) is 13.8 Å². The Morgan fingerprint density at radius 1 is 1.11 bits per heavy atom. The number of carbonyl (C=O) groups is 1. The highest BCUT2D eigenvalue weighted by atomic mass is 35.5. The maximum atomic E-state index is 13.8. The Morgan fingerprint density at radius 3 is 2.49 bits per heavy atom. The second-order valence-electron chi connectivity index (χ2n) is 8.85. The fourth-order valence-electron chi connectivity index (χ4n) is 4.80. The van der Waals surface area contributed by atoms with Crippen LogP contribution in [0.2, 0.25) is 5.02 Å². The van der Waals surface area contributed by atoms with Crippen LogP contribution >= 0.6 is 22.9 Å². The molecular formula is C29H26ClN3O3S. The Kier molecular flexibility index (Phi) is 6.75. The minimum atomic E-state index is -0.611. The number of halogens is 1. The number of benzene rings is 2. The van der Waals surface area contributed by atoms with E-state index in [1.165, 1.54) is 11.3 Å². The van der Waals surface area contributed by atoms with E-state index in [1.54, 1.807) is 18.4 Å². The molecule has 1 aliphatic heterocycles. The van der Waals surface area contributed by atoms with Crippen molar-refractivity contribution < 1.29 is 9.53 Å². The van der Waals surface area contributed by atoms with E-state index >= 15 is 0 Å². The first-order valence-electron chi connectivity index (χ1n) is 12.0. The first-order chi connectivity index (χ1) is 17.8. The largest absolute Gasteiger partial charge is 0.463 e. The summed E-state index contributed by atoms with van der Waals surface area (Å²) < 4.78 is 9.65. The van der Waals surface area contributed by atoms with Gasteiger partial charge in [0.05, 0.1) is 28.5 Å². The monoisotopic (exact) mass is 531 g/mol. The van der Waals surface area contributed by atoms with Gasteiger partial charge in [-0.3, -0.25) is 9.36 Å². The quantitative estimate of drug-likeness (QED) is 0.345. The van der Waals surface area contributed by atoms with Gasteiger partial charge in [-0.05, 0) is 75.2 Å². The van der Waals surface area contributed by atoms with E-state index in [4.69, 9.17) is 16.3 Å². The zero-order valence-corrected chi connectivity index (χ0v) is 22.6. The van der Waals surface area contributed by atoms with Crippen molar-refractivity contribution in [2.45, 2.75) is 33.7 Å². The maximum absolute atomic E-state index is 13.8. The number of nitrogens with zero attached hydrogens (tertiary/aromatic N) is 3. The van der Waals surface area contributed by atoms with Gasteiger partial charge in [0, 0.05) is 22.1 Å². The normalized spacial score (nSPS) is 15.5. The second kappa shape index (κ2) is 10.00. The van der Waals surface area contributed by atoms with Gasteiger partial charge in [0.15, 0.2) is 4.80 Å². The summed E-state index contributed by atoms with van der Waals surface area (Å²) in [4.78, 5) is 32.0. The van der Waals surface area contributed by atoms with Gasteiger partial charge in [-0.2, -0.15) is 0 Å². The molecule has 188 valence electrons. The lowest BCUT2D eigenvalue weighted by Gasteiger charge is -2.24. The number of hydrogen-bond donors (Lipinski definition) is 0. The molecule has 1 atom stereocenters. The first-order valence-corrected chi connectivity index (χ1v) is 13.2. The van der Waals surface area contributed by atoms with Gasteiger partial charge in [0.25, 0.3) is 5.56 Å². The Morgan fingerprint density at radius 2 is 1.81 bits per heavy atom. The van der Waals surface area contributed by atoms with Gasteiger partial charge >= 0.3 is 5.97 Å². The Balaban J connectivity index is 1.68. The lowest BCUT2D eigenvalue weighted by molar-refractivity contribution is -0.139. The van der Waals surface area contributed by atoms with Gasteiger partial charge < -0.3 is 9.30 Å². The molecule has 1 aliphatic rings. The molecule has 0 N–H and O–H groups in total. The fourth-order valence-corrected chi connectivity index (χ4v) is 5.97. The minimum Gasteiger partial charge on any atom is -0.463 e. The standard InChI is InChI=1S/C29H26ClN3O3S/c1-5-36-28(35)25-18(3)31-29-33(26(25)20-9-7-6-8-10-20)27(34)24(37-29)16-21-15-17(2)32(19(21)4)23-13-11-22(30)12-14-23/h6-16,26H,5H2,1-4H3. The summed E-state index contributed by atoms with van der Waals surface area (Å²) in [7, 11) is 0. The molecule has 0 saturated carbocycles. The minimum absolute atomic E-state index is 0.191. The highest BCUT2D eigenvalue weighted by Gasteiger charge is 2.33. The number of ether oxygens (including phenoxy) is 1. The summed E-state index contributed by atoms with van der Waals surface area (Å²) in [6, 6.07) is 18.7. The van der Waals surface area contributed by atoms with E-state index in [9.17, 15) is 9.59 Å². The lowest BCUT2D eigenvalue weighted by atomic mass is 9.96. The number of rotatable bonds is 5. The SMILES string of the molecule is CCOC(=O)C1=C(C)N=c2sc(=Cc3cc(C)n(-c4ccc(Cl)cc4)c3C)c(=O)n2C1c1ccccc1. The summed E-state index contributed by atoms with van der Waals surface area (Å²) in [5.41, 5.74) is 5.57. The zero-order valence-electron chi connectivity index (χ0n) is 21.0. The second-order valence-corrected chi connectivity index (χ2v) is 10.3. The molecule has 3 heterocycles. The summed E-state index contributed by atoms with van der Waals surface area (Å²) >= 11 is 7.40. The molecule has 0 saturated heterocycles. The van der Waals surface area contributed by atoms with E-state index in [0.29, 0.717) is 25.6 Å². The van der Waals surface area contributed by atoms with Crippen molar-refractivity contribution in [2.75, 3.05) is 6.61 Å². The summed E-state index contributed by atoms with van der Waals surface area (Å²) in [5.74, 6) is -0.460. The van der Waals surface area contributed by atoms with E-state index in [1.807, 2.05) is 74.5 Å². The molecule has 6 nitrogen and oxygen atoms in total. The van der Waals surface area contributed by atoms with E-state index < -0.39 is 12.0 Å². The van der Waals surface area contributed by atoms with Crippen molar-refractivity contribution >= 4 is 35.0 Å². The van der Waals surface area contributed by atoms with Crippen LogP contribution in [0.3, 0.4) is 0 Å². The number of esters is 1. The number of aromatic nitrogens is 2. The van der Waals surface area contributed by atoms with Crippen molar-refractivity contribution in [3.05, 3.63) is 119 Å². The summed E-state index contributed by atoms with van der Waals surface area (Å²) in [5, 5.41) is 0.679. The molecule has 0 bridgehead atoms. The molecular weight excluding hydrogens is 506 g/mol. The third kappa shape index (κ3) is 4.49. The average molecular weight is 532 g/mol. The van der Waals surface area contributed by atoms with Crippen LogP contribution in [0.1, 0.15) is 42.4 Å². The van der Waals surface area contributed by atoms with Gasteiger partial charge in [-0.25, -0.2) is 9.79 Å². The van der Waals surface area contributed by atoms with Crippen LogP contribution < -0.4 is 14.9 Å². The fraction of sp³-hybridized carbons (Fsp3) is 0.207. The van der Waals surface area contributed by atoms with Gasteiger partial charge in [0.2, 0.25) is 0 Å².